The summed E-state index contributed by atoms with van der Waals surface area (Å²) in [7, 11) is 0. The van der Waals surface area contributed by atoms with Crippen molar-refractivity contribution in [1.29, 1.82) is 0 Å². The molecule has 0 spiro atoms. The third-order valence-corrected chi connectivity index (χ3v) is 6.59. The molecule has 0 saturated heterocycles. The first-order chi connectivity index (χ1) is 17.9. The number of anilines is 1. The summed E-state index contributed by atoms with van der Waals surface area (Å²) in [6.07, 6.45) is 0.924. The molecule has 0 aliphatic carbocycles. The van der Waals surface area contributed by atoms with E-state index in [0.29, 0.717) is 52.9 Å². The minimum Gasteiger partial charge on any atom is -0.490 e. The Morgan fingerprint density at radius 2 is 1.76 bits per heavy atom. The highest BCUT2D eigenvalue weighted by Crippen LogP contribution is 2.43. The standard InChI is InChI=1S/C31H31NO5/c1-5-35-26-18-21(13-14-25(26)36-16-15-19(2)3)28-27-29(33)23-11-6-7-12-24(23)37-30(27)31(34)32(28)22-10-8-9-20(4)17-22/h6-14,17-19,28H,5,15-16H2,1-4H3. The molecule has 2 heterocycles. The zero-order chi connectivity index (χ0) is 26.1. The van der Waals surface area contributed by atoms with Crippen molar-refractivity contribution in [2.45, 2.75) is 40.2 Å². The van der Waals surface area contributed by atoms with E-state index in [0.717, 1.165) is 17.5 Å². The zero-order valence-electron chi connectivity index (χ0n) is 21.6. The van der Waals surface area contributed by atoms with Gasteiger partial charge in [0.05, 0.1) is 30.2 Å². The minimum atomic E-state index is -0.672. The molecule has 190 valence electrons. The fourth-order valence-corrected chi connectivity index (χ4v) is 4.77. The van der Waals surface area contributed by atoms with E-state index in [1.165, 1.54) is 0 Å². The summed E-state index contributed by atoms with van der Waals surface area (Å²) in [5.41, 5.74) is 2.97. The van der Waals surface area contributed by atoms with Crippen molar-refractivity contribution < 1.29 is 18.7 Å². The maximum absolute atomic E-state index is 13.8. The Balaban J connectivity index is 1.68. The average molecular weight is 498 g/mol. The maximum atomic E-state index is 13.8. The lowest BCUT2D eigenvalue weighted by molar-refractivity contribution is 0.0971. The zero-order valence-corrected chi connectivity index (χ0v) is 21.6. The van der Waals surface area contributed by atoms with Crippen molar-refractivity contribution in [2.24, 2.45) is 5.92 Å². The van der Waals surface area contributed by atoms with Gasteiger partial charge in [-0.2, -0.15) is 0 Å². The molecule has 0 N–H and O–H groups in total. The lowest BCUT2D eigenvalue weighted by atomic mass is 9.97. The highest BCUT2D eigenvalue weighted by atomic mass is 16.5. The number of rotatable bonds is 8. The van der Waals surface area contributed by atoms with Gasteiger partial charge in [-0.1, -0.05) is 44.2 Å². The number of nitrogens with zero attached hydrogens (tertiary/aromatic N) is 1. The van der Waals surface area contributed by atoms with Crippen molar-refractivity contribution in [3.8, 4) is 11.5 Å². The van der Waals surface area contributed by atoms with Crippen LogP contribution < -0.4 is 19.8 Å². The Morgan fingerprint density at radius 3 is 2.51 bits per heavy atom. The number of carbonyl (C=O) groups is 1. The van der Waals surface area contributed by atoms with Gasteiger partial charge in [-0.15, -0.1) is 0 Å². The van der Waals surface area contributed by atoms with E-state index in [1.54, 1.807) is 29.2 Å². The molecule has 0 saturated carbocycles. The second kappa shape index (κ2) is 10.1. The van der Waals surface area contributed by atoms with Crippen LogP contribution in [0.25, 0.3) is 11.0 Å². The number of ether oxygens (including phenoxy) is 2. The van der Waals surface area contributed by atoms with Crippen molar-refractivity contribution in [3.05, 3.63) is 99.4 Å². The van der Waals surface area contributed by atoms with E-state index in [4.69, 9.17) is 13.9 Å². The van der Waals surface area contributed by atoms with Crippen LogP contribution in [0, 0.1) is 12.8 Å². The van der Waals surface area contributed by atoms with Crippen LogP contribution >= 0.6 is 0 Å². The van der Waals surface area contributed by atoms with Crippen LogP contribution in [-0.2, 0) is 0 Å². The third-order valence-electron chi connectivity index (χ3n) is 6.59. The monoisotopic (exact) mass is 497 g/mol. The largest absolute Gasteiger partial charge is 0.490 e. The molecule has 1 aliphatic rings. The number of fused-ring (bicyclic) bond motifs is 2. The van der Waals surface area contributed by atoms with E-state index in [9.17, 15) is 9.59 Å². The molecule has 5 rings (SSSR count). The molecule has 0 radical (unpaired) electrons. The van der Waals surface area contributed by atoms with Crippen LogP contribution in [0.15, 0.2) is 75.9 Å². The van der Waals surface area contributed by atoms with Crippen LogP contribution in [0.3, 0.4) is 0 Å². The third kappa shape index (κ3) is 4.59. The second-order valence-electron chi connectivity index (χ2n) is 9.76. The molecule has 1 atom stereocenters. The Labute approximate surface area is 216 Å². The molecular formula is C31H31NO5. The molecule has 1 aliphatic heterocycles. The number of carbonyl (C=O) groups excluding carboxylic acids is 1. The van der Waals surface area contributed by atoms with Crippen molar-refractivity contribution in [2.75, 3.05) is 18.1 Å². The first-order valence-electron chi connectivity index (χ1n) is 12.7. The first kappa shape index (κ1) is 24.6. The fraction of sp³-hybridized carbons (Fsp3) is 0.290. The molecular weight excluding hydrogens is 466 g/mol. The van der Waals surface area contributed by atoms with Crippen LogP contribution in [0.4, 0.5) is 5.69 Å². The number of para-hydroxylation sites is 1. The molecule has 37 heavy (non-hydrogen) atoms. The van der Waals surface area contributed by atoms with E-state index in [2.05, 4.69) is 13.8 Å². The van der Waals surface area contributed by atoms with Gasteiger partial charge in [0, 0.05) is 5.69 Å². The molecule has 0 fully saturated rings. The quantitative estimate of drug-likeness (QED) is 0.272. The van der Waals surface area contributed by atoms with Gasteiger partial charge in [-0.05, 0) is 73.7 Å². The van der Waals surface area contributed by atoms with Gasteiger partial charge in [0.2, 0.25) is 5.76 Å². The fourth-order valence-electron chi connectivity index (χ4n) is 4.77. The minimum absolute atomic E-state index is 0.0745. The average Bonchev–Trinajstić information content (AvgIpc) is 3.17. The summed E-state index contributed by atoms with van der Waals surface area (Å²) < 4.78 is 18.0. The van der Waals surface area contributed by atoms with Crippen molar-refractivity contribution in [1.82, 2.24) is 0 Å². The smallest absolute Gasteiger partial charge is 0.295 e. The van der Waals surface area contributed by atoms with E-state index in [-0.39, 0.29) is 17.1 Å². The molecule has 1 unspecified atom stereocenters. The normalized spacial score (nSPS) is 14.9. The first-order valence-corrected chi connectivity index (χ1v) is 12.7. The van der Waals surface area contributed by atoms with E-state index in [1.807, 2.05) is 56.3 Å². The Kier molecular flexibility index (Phi) is 6.74. The van der Waals surface area contributed by atoms with E-state index < -0.39 is 6.04 Å². The summed E-state index contributed by atoms with van der Waals surface area (Å²) in [6, 6.07) is 19.7. The molecule has 1 amide bonds. The Morgan fingerprint density at radius 1 is 0.946 bits per heavy atom. The van der Waals surface area contributed by atoms with Gasteiger partial charge in [-0.25, -0.2) is 0 Å². The summed E-state index contributed by atoms with van der Waals surface area (Å²) in [5.74, 6) is 1.48. The molecule has 1 aromatic heterocycles. The van der Waals surface area contributed by atoms with Crippen LogP contribution in [0.1, 0.15) is 60.5 Å². The predicted molar refractivity (Wildman–Crippen MR) is 145 cm³/mol. The van der Waals surface area contributed by atoms with Crippen LogP contribution in [0.2, 0.25) is 0 Å². The Hall–Kier alpha value is -4.06. The van der Waals surface area contributed by atoms with Crippen LogP contribution in [-0.4, -0.2) is 19.1 Å². The molecule has 0 bridgehead atoms. The van der Waals surface area contributed by atoms with Crippen molar-refractivity contribution >= 4 is 22.6 Å². The lowest BCUT2D eigenvalue weighted by Crippen LogP contribution is -2.29. The van der Waals surface area contributed by atoms with Gasteiger partial charge >= 0.3 is 0 Å². The number of hydrogen-bond acceptors (Lipinski definition) is 5. The van der Waals surface area contributed by atoms with Crippen LogP contribution in [0.5, 0.6) is 11.5 Å². The predicted octanol–water partition coefficient (Wildman–Crippen LogP) is 6.67. The summed E-state index contributed by atoms with van der Waals surface area (Å²) in [4.78, 5) is 29.2. The highest BCUT2D eigenvalue weighted by molar-refractivity contribution is 6.10. The Bertz CT molecular complexity index is 1520. The van der Waals surface area contributed by atoms with Crippen molar-refractivity contribution in [3.63, 3.8) is 0 Å². The van der Waals surface area contributed by atoms with Gasteiger partial charge in [-0.3, -0.25) is 14.5 Å². The summed E-state index contributed by atoms with van der Waals surface area (Å²) in [6.45, 7) is 9.23. The van der Waals surface area contributed by atoms with Gasteiger partial charge < -0.3 is 13.9 Å². The summed E-state index contributed by atoms with van der Waals surface area (Å²) >= 11 is 0. The summed E-state index contributed by atoms with van der Waals surface area (Å²) in [5, 5.41) is 0.448. The highest BCUT2D eigenvalue weighted by Gasteiger charge is 2.44. The molecule has 3 aromatic carbocycles. The number of aryl methyl sites for hydroxylation is 1. The van der Waals surface area contributed by atoms with E-state index >= 15 is 0 Å². The van der Waals surface area contributed by atoms with Gasteiger partial charge in [0.1, 0.15) is 5.58 Å². The topological polar surface area (TPSA) is 69.0 Å². The lowest BCUT2D eigenvalue weighted by Gasteiger charge is -2.26. The number of benzene rings is 3. The maximum Gasteiger partial charge on any atom is 0.295 e. The van der Waals surface area contributed by atoms with Gasteiger partial charge in [0.25, 0.3) is 5.91 Å². The number of amides is 1. The molecule has 6 heteroatoms. The van der Waals surface area contributed by atoms with Gasteiger partial charge in [0.15, 0.2) is 16.9 Å². The molecule has 4 aromatic rings. The number of hydrogen-bond donors (Lipinski definition) is 0. The second-order valence-corrected chi connectivity index (χ2v) is 9.76. The molecule has 6 nitrogen and oxygen atoms in total. The SMILES string of the molecule is CCOc1cc(C2c3c(oc4ccccc4c3=O)C(=O)N2c2cccc(C)c2)ccc1OCCC(C)C.